The van der Waals surface area contributed by atoms with Crippen LogP contribution in [0.25, 0.3) is 6.08 Å². The van der Waals surface area contributed by atoms with Crippen LogP contribution in [0.3, 0.4) is 0 Å². The predicted octanol–water partition coefficient (Wildman–Crippen LogP) is 2.87. The molecule has 4 heteroatoms. The number of nitrogens with one attached hydrogen (secondary N) is 1. The third kappa shape index (κ3) is 5.98. The van der Waals surface area contributed by atoms with Crippen molar-refractivity contribution in [2.75, 3.05) is 19.6 Å². The molecule has 2 rings (SSSR count). The Balaban J connectivity index is 1.56. The number of pyridine rings is 1. The van der Waals surface area contributed by atoms with E-state index >= 15 is 0 Å². The van der Waals surface area contributed by atoms with Gasteiger partial charge < -0.3 is 10.2 Å². The van der Waals surface area contributed by atoms with Crippen LogP contribution < -0.4 is 5.32 Å². The molecule has 4 nitrogen and oxygen atoms in total. The van der Waals surface area contributed by atoms with E-state index in [1.54, 1.807) is 18.5 Å². The fourth-order valence-electron chi connectivity index (χ4n) is 2.85. The maximum Gasteiger partial charge on any atom is 0.243 e. The Hall–Kier alpha value is -1.68. The van der Waals surface area contributed by atoms with Crippen LogP contribution in [0.1, 0.15) is 44.6 Å². The van der Waals surface area contributed by atoms with E-state index in [1.165, 1.54) is 25.8 Å². The summed E-state index contributed by atoms with van der Waals surface area (Å²) >= 11 is 0. The highest BCUT2D eigenvalue weighted by molar-refractivity contribution is 5.91. The van der Waals surface area contributed by atoms with Crippen molar-refractivity contribution in [3.05, 3.63) is 36.2 Å². The molecular formula is C18H27N3O. The van der Waals surface area contributed by atoms with Gasteiger partial charge in [0.25, 0.3) is 0 Å². The Labute approximate surface area is 133 Å². The number of amides is 1. The summed E-state index contributed by atoms with van der Waals surface area (Å²) in [4.78, 5) is 18.2. The van der Waals surface area contributed by atoms with Crippen LogP contribution in [-0.4, -0.2) is 41.5 Å². The van der Waals surface area contributed by atoms with Crippen LogP contribution in [0.15, 0.2) is 30.6 Å². The molecule has 0 unspecified atom stereocenters. The number of hydrogen-bond donors (Lipinski definition) is 1. The fraction of sp³-hybridized carbons (Fsp3) is 0.556. The topological polar surface area (TPSA) is 45.2 Å². The normalized spacial score (nSPS) is 19.4. The van der Waals surface area contributed by atoms with Crippen LogP contribution in [0.4, 0.5) is 0 Å². The smallest absolute Gasteiger partial charge is 0.243 e. The zero-order valence-corrected chi connectivity index (χ0v) is 13.5. The molecule has 0 bridgehead atoms. The third-order valence-corrected chi connectivity index (χ3v) is 4.25. The molecule has 1 saturated heterocycles. The van der Waals surface area contributed by atoms with Crippen molar-refractivity contribution in [1.29, 1.82) is 0 Å². The number of piperidine rings is 1. The summed E-state index contributed by atoms with van der Waals surface area (Å²) in [7, 11) is 0. The Morgan fingerprint density at radius 1 is 1.36 bits per heavy atom. The van der Waals surface area contributed by atoms with Crippen molar-refractivity contribution in [2.24, 2.45) is 0 Å². The maximum absolute atomic E-state index is 11.7. The van der Waals surface area contributed by atoms with E-state index in [4.69, 9.17) is 0 Å². The third-order valence-electron chi connectivity index (χ3n) is 4.25. The first kappa shape index (κ1) is 16.7. The highest BCUT2D eigenvalue weighted by atomic mass is 16.1. The second kappa shape index (κ2) is 9.36. The number of rotatable bonds is 7. The summed E-state index contributed by atoms with van der Waals surface area (Å²) in [6.45, 7) is 5.47. The van der Waals surface area contributed by atoms with Gasteiger partial charge in [-0.25, -0.2) is 0 Å². The fourth-order valence-corrected chi connectivity index (χ4v) is 2.85. The molecule has 1 aliphatic heterocycles. The van der Waals surface area contributed by atoms with E-state index in [-0.39, 0.29) is 5.91 Å². The molecule has 1 aromatic rings. The van der Waals surface area contributed by atoms with Gasteiger partial charge in [-0.05, 0) is 69.5 Å². The Kier molecular flexibility index (Phi) is 7.10. The summed E-state index contributed by atoms with van der Waals surface area (Å²) in [6.07, 6.45) is 13.1. The summed E-state index contributed by atoms with van der Waals surface area (Å²) in [5.41, 5.74) is 0.990. The van der Waals surface area contributed by atoms with Gasteiger partial charge in [0, 0.05) is 31.1 Å². The molecule has 120 valence electrons. The molecule has 0 saturated carbocycles. The van der Waals surface area contributed by atoms with E-state index in [1.807, 2.05) is 18.2 Å². The van der Waals surface area contributed by atoms with Crippen molar-refractivity contribution >= 4 is 12.0 Å². The van der Waals surface area contributed by atoms with Crippen molar-refractivity contribution in [2.45, 2.75) is 45.1 Å². The van der Waals surface area contributed by atoms with E-state index in [2.05, 4.69) is 22.1 Å². The molecule has 1 amide bonds. The number of aromatic nitrogens is 1. The van der Waals surface area contributed by atoms with Crippen LogP contribution in [0.5, 0.6) is 0 Å². The Morgan fingerprint density at radius 3 is 2.95 bits per heavy atom. The van der Waals surface area contributed by atoms with Gasteiger partial charge in [0.15, 0.2) is 0 Å². The monoisotopic (exact) mass is 301 g/mol. The SMILES string of the molecule is C[C@@H]1CCCCN1CCCCNC(=O)/C=C\c1ccncc1. The van der Waals surface area contributed by atoms with Gasteiger partial charge >= 0.3 is 0 Å². The number of unbranched alkanes of at least 4 members (excludes halogenated alkanes) is 1. The zero-order chi connectivity index (χ0) is 15.6. The van der Waals surface area contributed by atoms with Crippen molar-refractivity contribution in [3.8, 4) is 0 Å². The molecule has 2 heterocycles. The van der Waals surface area contributed by atoms with Crippen LogP contribution in [-0.2, 0) is 4.79 Å². The lowest BCUT2D eigenvalue weighted by Crippen LogP contribution is -2.38. The number of carbonyl (C=O) groups excluding carboxylic acids is 1. The summed E-state index contributed by atoms with van der Waals surface area (Å²) < 4.78 is 0. The first-order chi connectivity index (χ1) is 10.8. The maximum atomic E-state index is 11.7. The lowest BCUT2D eigenvalue weighted by Gasteiger charge is -2.33. The minimum Gasteiger partial charge on any atom is -0.353 e. The van der Waals surface area contributed by atoms with Crippen LogP contribution >= 0.6 is 0 Å². The minimum atomic E-state index is -0.0249. The Bertz CT molecular complexity index is 472. The number of carbonyl (C=O) groups is 1. The lowest BCUT2D eigenvalue weighted by molar-refractivity contribution is -0.116. The van der Waals surface area contributed by atoms with Crippen molar-refractivity contribution in [1.82, 2.24) is 15.2 Å². The van der Waals surface area contributed by atoms with Crippen molar-refractivity contribution < 1.29 is 4.79 Å². The van der Waals surface area contributed by atoms with Gasteiger partial charge in [0.05, 0.1) is 0 Å². The number of hydrogen-bond acceptors (Lipinski definition) is 3. The van der Waals surface area contributed by atoms with E-state index in [9.17, 15) is 4.79 Å². The quantitative estimate of drug-likeness (QED) is 0.622. The molecule has 1 atom stereocenters. The van der Waals surface area contributed by atoms with Gasteiger partial charge in [-0.2, -0.15) is 0 Å². The van der Waals surface area contributed by atoms with Gasteiger partial charge in [0.1, 0.15) is 0 Å². The van der Waals surface area contributed by atoms with Crippen LogP contribution in [0, 0.1) is 0 Å². The zero-order valence-electron chi connectivity index (χ0n) is 13.5. The van der Waals surface area contributed by atoms with E-state index in [0.717, 1.165) is 37.5 Å². The summed E-state index contributed by atoms with van der Waals surface area (Å²) in [6, 6.07) is 4.49. The number of likely N-dealkylation sites (tertiary alicyclic amines) is 1. The van der Waals surface area contributed by atoms with Crippen molar-refractivity contribution in [3.63, 3.8) is 0 Å². The largest absolute Gasteiger partial charge is 0.353 e. The number of nitrogens with zero attached hydrogens (tertiary/aromatic N) is 2. The predicted molar refractivity (Wildman–Crippen MR) is 90.4 cm³/mol. The van der Waals surface area contributed by atoms with E-state index in [0.29, 0.717) is 0 Å². The molecule has 1 aliphatic rings. The second-order valence-corrected chi connectivity index (χ2v) is 5.99. The molecule has 0 spiro atoms. The lowest BCUT2D eigenvalue weighted by atomic mass is 10.0. The summed E-state index contributed by atoms with van der Waals surface area (Å²) in [5, 5.41) is 2.94. The minimum absolute atomic E-state index is 0.0249. The molecule has 1 fully saturated rings. The molecule has 0 aliphatic carbocycles. The van der Waals surface area contributed by atoms with Gasteiger partial charge in [-0.1, -0.05) is 6.42 Å². The average molecular weight is 301 g/mol. The van der Waals surface area contributed by atoms with Gasteiger partial charge in [-0.3, -0.25) is 9.78 Å². The highest BCUT2D eigenvalue weighted by Gasteiger charge is 2.16. The van der Waals surface area contributed by atoms with E-state index < -0.39 is 0 Å². The first-order valence-electron chi connectivity index (χ1n) is 8.36. The molecule has 1 aromatic heterocycles. The van der Waals surface area contributed by atoms with Gasteiger partial charge in [0.2, 0.25) is 5.91 Å². The second-order valence-electron chi connectivity index (χ2n) is 5.99. The standard InChI is InChI=1S/C18H27N3O/c1-16-6-2-4-14-21(16)15-5-3-11-20-18(22)8-7-17-9-12-19-13-10-17/h7-10,12-13,16H,2-6,11,14-15H2,1H3,(H,20,22)/b8-7-/t16-/m1/s1. The Morgan fingerprint density at radius 2 is 2.18 bits per heavy atom. The molecular weight excluding hydrogens is 274 g/mol. The molecule has 22 heavy (non-hydrogen) atoms. The van der Waals surface area contributed by atoms with Crippen LogP contribution in [0.2, 0.25) is 0 Å². The molecule has 1 N–H and O–H groups in total. The average Bonchev–Trinajstić information content (AvgIpc) is 2.55. The van der Waals surface area contributed by atoms with Gasteiger partial charge in [-0.15, -0.1) is 0 Å². The highest BCUT2D eigenvalue weighted by Crippen LogP contribution is 2.16. The summed E-state index contributed by atoms with van der Waals surface area (Å²) in [5.74, 6) is -0.0249. The molecule has 0 aromatic carbocycles. The first-order valence-corrected chi connectivity index (χ1v) is 8.36. The molecule has 0 radical (unpaired) electrons.